The number of halogens is 1. The Labute approximate surface area is 103 Å². The Balaban J connectivity index is 2.05. The molecule has 0 amide bonds. The zero-order valence-electron chi connectivity index (χ0n) is 9.03. The molecule has 2 aromatic rings. The maximum atomic E-state index is 5.49. The van der Waals surface area contributed by atoms with E-state index in [4.69, 9.17) is 10.2 Å². The lowest BCUT2D eigenvalue weighted by atomic mass is 10.1. The Kier molecular flexibility index (Phi) is 3.29. The molecule has 1 heterocycles. The largest absolute Gasteiger partial charge is 0.429 e. The molecular weight excluding hydrogens is 268 g/mol. The average Bonchev–Trinajstić information content (AvgIpc) is 2.54. The molecule has 4 heteroatoms. The number of nitrogens with zero attached hydrogens (tertiary/aromatic N) is 1. The molecule has 0 aliphatic carbocycles. The van der Waals surface area contributed by atoms with Crippen molar-refractivity contribution in [2.45, 2.75) is 19.8 Å². The van der Waals surface area contributed by atoms with Gasteiger partial charge in [0.15, 0.2) is 0 Å². The number of nitrogens with two attached hydrogens (primary N) is 1. The van der Waals surface area contributed by atoms with Crippen LogP contribution in [-0.4, -0.2) is 4.98 Å². The van der Waals surface area contributed by atoms with E-state index in [9.17, 15) is 0 Å². The fourth-order valence-corrected chi connectivity index (χ4v) is 2.08. The first-order valence-electron chi connectivity index (χ1n) is 5.11. The van der Waals surface area contributed by atoms with Crippen LogP contribution in [0.2, 0.25) is 0 Å². The molecule has 0 spiro atoms. The van der Waals surface area contributed by atoms with Gasteiger partial charge in [0.25, 0.3) is 6.01 Å². The van der Waals surface area contributed by atoms with Crippen LogP contribution < -0.4 is 5.73 Å². The summed E-state index contributed by atoms with van der Waals surface area (Å²) in [6, 6.07) is 8.51. The summed E-state index contributed by atoms with van der Waals surface area (Å²) in [6.45, 7) is 1.89. The first-order valence-corrected chi connectivity index (χ1v) is 5.90. The van der Waals surface area contributed by atoms with Gasteiger partial charge in [0, 0.05) is 4.47 Å². The van der Waals surface area contributed by atoms with Crippen LogP contribution in [0.25, 0.3) is 0 Å². The van der Waals surface area contributed by atoms with Crippen molar-refractivity contribution in [3.05, 3.63) is 45.8 Å². The number of anilines is 1. The Bertz CT molecular complexity index is 494. The summed E-state index contributed by atoms with van der Waals surface area (Å²) in [7, 11) is 0. The van der Waals surface area contributed by atoms with E-state index in [1.165, 1.54) is 5.56 Å². The summed E-state index contributed by atoms with van der Waals surface area (Å²) < 4.78 is 6.28. The molecule has 0 saturated carbocycles. The predicted octanol–water partition coefficient (Wildman–Crippen LogP) is 3.11. The van der Waals surface area contributed by atoms with Crippen LogP contribution in [0.1, 0.15) is 17.0 Å². The van der Waals surface area contributed by atoms with Gasteiger partial charge in [0.2, 0.25) is 0 Å². The average molecular weight is 281 g/mol. The number of oxazole rings is 1. The second-order valence-corrected chi connectivity index (χ2v) is 4.60. The Morgan fingerprint density at radius 3 is 2.81 bits per heavy atom. The van der Waals surface area contributed by atoms with E-state index in [0.717, 1.165) is 28.8 Å². The van der Waals surface area contributed by atoms with E-state index in [-0.39, 0.29) is 6.01 Å². The third-order valence-electron chi connectivity index (χ3n) is 2.45. The fourth-order valence-electron chi connectivity index (χ4n) is 1.64. The monoisotopic (exact) mass is 280 g/mol. The van der Waals surface area contributed by atoms with Crippen molar-refractivity contribution in [2.75, 3.05) is 5.73 Å². The van der Waals surface area contributed by atoms with Crippen molar-refractivity contribution < 1.29 is 4.42 Å². The van der Waals surface area contributed by atoms with Gasteiger partial charge in [-0.25, -0.2) is 0 Å². The molecule has 1 aromatic heterocycles. The van der Waals surface area contributed by atoms with Crippen LogP contribution in [0.4, 0.5) is 6.01 Å². The SMILES string of the molecule is Cc1oc(N)nc1CCc1cccc(Br)c1. The predicted molar refractivity (Wildman–Crippen MR) is 67.2 cm³/mol. The van der Waals surface area contributed by atoms with Crippen molar-refractivity contribution >= 4 is 21.9 Å². The minimum Gasteiger partial charge on any atom is -0.429 e. The first kappa shape index (κ1) is 11.2. The molecule has 16 heavy (non-hydrogen) atoms. The third kappa shape index (κ3) is 2.64. The summed E-state index contributed by atoms with van der Waals surface area (Å²) in [5, 5.41) is 0. The van der Waals surface area contributed by atoms with Crippen LogP contribution in [0.3, 0.4) is 0 Å². The second kappa shape index (κ2) is 4.70. The van der Waals surface area contributed by atoms with Crippen molar-refractivity contribution in [3.63, 3.8) is 0 Å². The molecule has 0 aliphatic rings. The van der Waals surface area contributed by atoms with Gasteiger partial charge in [-0.15, -0.1) is 0 Å². The van der Waals surface area contributed by atoms with Crippen LogP contribution in [-0.2, 0) is 12.8 Å². The second-order valence-electron chi connectivity index (χ2n) is 3.68. The first-order chi connectivity index (χ1) is 7.65. The van der Waals surface area contributed by atoms with Crippen LogP contribution >= 0.6 is 15.9 Å². The third-order valence-corrected chi connectivity index (χ3v) is 2.94. The van der Waals surface area contributed by atoms with Crippen molar-refractivity contribution in [1.29, 1.82) is 0 Å². The van der Waals surface area contributed by atoms with Gasteiger partial charge in [-0.3, -0.25) is 0 Å². The van der Waals surface area contributed by atoms with Gasteiger partial charge in [0.1, 0.15) is 5.76 Å². The highest BCUT2D eigenvalue weighted by Gasteiger charge is 2.06. The fraction of sp³-hybridized carbons (Fsp3) is 0.250. The summed E-state index contributed by atoms with van der Waals surface area (Å²) >= 11 is 3.45. The lowest BCUT2D eigenvalue weighted by molar-refractivity contribution is 0.544. The number of aryl methyl sites for hydroxylation is 3. The Morgan fingerprint density at radius 1 is 1.38 bits per heavy atom. The van der Waals surface area contributed by atoms with Gasteiger partial charge < -0.3 is 10.2 Å². The van der Waals surface area contributed by atoms with E-state index < -0.39 is 0 Å². The quantitative estimate of drug-likeness (QED) is 0.940. The molecule has 0 fully saturated rings. The number of hydrogen-bond acceptors (Lipinski definition) is 3. The van der Waals surface area contributed by atoms with Crippen LogP contribution in [0.5, 0.6) is 0 Å². The standard InChI is InChI=1S/C12H13BrN2O/c1-8-11(15-12(14)16-8)6-5-9-3-2-4-10(13)7-9/h2-4,7H,5-6H2,1H3,(H2,14,15). The number of aromatic nitrogens is 1. The summed E-state index contributed by atoms with van der Waals surface area (Å²) in [5.74, 6) is 0.812. The zero-order chi connectivity index (χ0) is 11.5. The molecule has 1 aromatic carbocycles. The van der Waals surface area contributed by atoms with Crippen LogP contribution in [0, 0.1) is 6.92 Å². The molecule has 84 valence electrons. The molecule has 0 saturated heterocycles. The normalized spacial score (nSPS) is 10.6. The molecule has 3 nitrogen and oxygen atoms in total. The summed E-state index contributed by atoms with van der Waals surface area (Å²) in [5.41, 5.74) is 7.70. The lowest BCUT2D eigenvalue weighted by Crippen LogP contribution is -1.94. The molecule has 0 atom stereocenters. The minimum atomic E-state index is 0.252. The van der Waals surface area contributed by atoms with E-state index in [0.29, 0.717) is 0 Å². The summed E-state index contributed by atoms with van der Waals surface area (Å²) in [6.07, 6.45) is 1.79. The molecule has 0 bridgehead atoms. The molecule has 0 unspecified atom stereocenters. The minimum absolute atomic E-state index is 0.252. The van der Waals surface area contributed by atoms with E-state index in [1.54, 1.807) is 0 Å². The van der Waals surface area contributed by atoms with Gasteiger partial charge in [-0.1, -0.05) is 28.1 Å². The Morgan fingerprint density at radius 2 is 2.19 bits per heavy atom. The maximum absolute atomic E-state index is 5.49. The number of nitrogen functional groups attached to an aromatic ring is 1. The highest BCUT2D eigenvalue weighted by Crippen LogP contribution is 2.16. The topological polar surface area (TPSA) is 52.0 Å². The highest BCUT2D eigenvalue weighted by molar-refractivity contribution is 9.10. The lowest BCUT2D eigenvalue weighted by Gasteiger charge is -2.00. The van der Waals surface area contributed by atoms with Crippen molar-refractivity contribution in [2.24, 2.45) is 0 Å². The number of hydrogen-bond donors (Lipinski definition) is 1. The number of benzene rings is 1. The van der Waals surface area contributed by atoms with E-state index in [2.05, 4.69) is 33.0 Å². The van der Waals surface area contributed by atoms with E-state index >= 15 is 0 Å². The van der Waals surface area contributed by atoms with Gasteiger partial charge >= 0.3 is 0 Å². The van der Waals surface area contributed by atoms with E-state index in [1.807, 2.05) is 19.1 Å². The van der Waals surface area contributed by atoms with Gasteiger partial charge in [-0.2, -0.15) is 4.98 Å². The van der Waals surface area contributed by atoms with Gasteiger partial charge in [0.05, 0.1) is 5.69 Å². The number of rotatable bonds is 3. The van der Waals surface area contributed by atoms with Gasteiger partial charge in [-0.05, 0) is 37.5 Å². The molecule has 2 rings (SSSR count). The smallest absolute Gasteiger partial charge is 0.292 e. The molecule has 0 aliphatic heterocycles. The molecule has 2 N–H and O–H groups in total. The maximum Gasteiger partial charge on any atom is 0.292 e. The Hall–Kier alpha value is -1.29. The zero-order valence-corrected chi connectivity index (χ0v) is 10.6. The highest BCUT2D eigenvalue weighted by atomic mass is 79.9. The van der Waals surface area contributed by atoms with Crippen molar-refractivity contribution in [1.82, 2.24) is 4.98 Å². The summed E-state index contributed by atoms with van der Waals surface area (Å²) in [4.78, 5) is 4.15. The van der Waals surface area contributed by atoms with Crippen LogP contribution in [0.15, 0.2) is 33.2 Å². The molecule has 0 radical (unpaired) electrons. The van der Waals surface area contributed by atoms with Crippen molar-refractivity contribution in [3.8, 4) is 0 Å². The molecular formula is C12H13BrN2O.